The molecule has 1 fully saturated rings. The van der Waals surface area contributed by atoms with Crippen LogP contribution in [0.15, 0.2) is 54.9 Å². The first-order valence-electron chi connectivity index (χ1n) is 14.3. The van der Waals surface area contributed by atoms with E-state index in [9.17, 15) is 4.79 Å². The molecule has 2 aliphatic rings. The summed E-state index contributed by atoms with van der Waals surface area (Å²) < 4.78 is 19.5. The van der Waals surface area contributed by atoms with Crippen LogP contribution in [0.1, 0.15) is 39.2 Å². The molecule has 41 heavy (non-hydrogen) atoms. The molecular formula is C33H38N4O4. The fourth-order valence-corrected chi connectivity index (χ4v) is 5.36. The number of nitrogens with zero attached hydrogens (tertiary/aromatic N) is 2. The Bertz CT molecular complexity index is 1520. The summed E-state index contributed by atoms with van der Waals surface area (Å²) in [6, 6.07) is 9.64. The number of carbonyl (C=O) groups is 1. The third kappa shape index (κ3) is 6.41. The molecule has 1 saturated heterocycles. The molecule has 5 rings (SSSR count). The summed E-state index contributed by atoms with van der Waals surface area (Å²) in [5.41, 5.74) is 4.40. The number of fused-ring (bicyclic) bond motifs is 1. The quantitative estimate of drug-likeness (QED) is 0.323. The zero-order valence-electron chi connectivity index (χ0n) is 24.2. The highest BCUT2D eigenvalue weighted by Gasteiger charge is 2.25. The average Bonchev–Trinajstić information content (AvgIpc) is 3.41. The molecule has 0 spiro atoms. The number of anilines is 1. The third-order valence-electron chi connectivity index (χ3n) is 7.63. The van der Waals surface area contributed by atoms with Gasteiger partial charge in [-0.05, 0) is 62.8 Å². The number of nitrogens with one attached hydrogen (secondary N) is 2. The van der Waals surface area contributed by atoms with Crippen molar-refractivity contribution in [2.75, 3.05) is 38.7 Å². The van der Waals surface area contributed by atoms with Gasteiger partial charge in [0.2, 0.25) is 5.91 Å². The minimum Gasteiger partial charge on any atom is -0.497 e. The van der Waals surface area contributed by atoms with Crippen LogP contribution < -0.4 is 20.1 Å². The highest BCUT2D eigenvalue weighted by molar-refractivity contribution is 5.93. The second-order valence-corrected chi connectivity index (χ2v) is 10.5. The maximum atomic E-state index is 12.5. The van der Waals surface area contributed by atoms with Crippen LogP contribution in [-0.2, 0) is 9.53 Å². The van der Waals surface area contributed by atoms with Crippen molar-refractivity contribution in [3.8, 4) is 29.1 Å². The Morgan fingerprint density at radius 3 is 2.76 bits per heavy atom. The molecule has 8 nitrogen and oxygen atoms in total. The summed E-state index contributed by atoms with van der Waals surface area (Å²) in [4.78, 5) is 17.3. The largest absolute Gasteiger partial charge is 0.497 e. The summed E-state index contributed by atoms with van der Waals surface area (Å²) in [6.45, 7) is 8.85. The third-order valence-corrected chi connectivity index (χ3v) is 7.63. The number of amides is 1. The topological polar surface area (TPSA) is 86.6 Å². The monoisotopic (exact) mass is 554 g/mol. The standard InChI is InChI=1S/C33H38N4O4/c1-5-7-24-17-26(39-4)9-11-31(24)41-27-18-29(35-20-23-12-14-40-15-13-23)32-30(19-27)37(21-36-32)25-8-10-28(22(3)16-25)33(38)34-6-2/h8-11,16-19,21-23,28,35H,6,12-15,20H2,1-4H3,(H,34,38). The van der Waals surface area contributed by atoms with Crippen LogP contribution in [-0.4, -0.2) is 48.9 Å². The fraction of sp³-hybridized carbons (Fsp3) is 0.394. The molecule has 2 N–H and O–H groups in total. The molecule has 0 saturated carbocycles. The highest BCUT2D eigenvalue weighted by atomic mass is 16.5. The molecule has 0 radical (unpaired) electrons. The fourth-order valence-electron chi connectivity index (χ4n) is 5.36. The van der Waals surface area contributed by atoms with Crippen LogP contribution >= 0.6 is 0 Å². The van der Waals surface area contributed by atoms with Gasteiger partial charge in [0.05, 0.1) is 29.8 Å². The number of benzene rings is 2. The van der Waals surface area contributed by atoms with Gasteiger partial charge >= 0.3 is 0 Å². The molecule has 2 heterocycles. The van der Waals surface area contributed by atoms with Crippen molar-refractivity contribution in [3.63, 3.8) is 0 Å². The van der Waals surface area contributed by atoms with Gasteiger partial charge < -0.3 is 24.8 Å². The van der Waals surface area contributed by atoms with Gasteiger partial charge in [0.1, 0.15) is 29.1 Å². The van der Waals surface area contributed by atoms with Crippen LogP contribution in [0.5, 0.6) is 17.2 Å². The van der Waals surface area contributed by atoms with Crippen molar-refractivity contribution >= 4 is 28.3 Å². The molecule has 0 bridgehead atoms. The van der Waals surface area contributed by atoms with E-state index in [0.717, 1.165) is 66.3 Å². The number of carbonyl (C=O) groups excluding carboxylic acids is 1. The Hall–Kier alpha value is -4.22. The van der Waals surface area contributed by atoms with Crippen LogP contribution in [0.2, 0.25) is 0 Å². The Balaban J connectivity index is 1.52. The average molecular weight is 555 g/mol. The number of aromatic nitrogens is 2. The van der Waals surface area contributed by atoms with E-state index in [4.69, 9.17) is 19.2 Å². The second-order valence-electron chi connectivity index (χ2n) is 10.5. The molecule has 1 aliphatic heterocycles. The lowest BCUT2D eigenvalue weighted by Gasteiger charge is -2.23. The number of imidazole rings is 1. The lowest BCUT2D eigenvalue weighted by Crippen LogP contribution is -2.33. The second kappa shape index (κ2) is 13.0. The number of allylic oxidation sites excluding steroid dienone is 3. The van der Waals surface area contributed by atoms with Gasteiger partial charge in [0, 0.05) is 44.1 Å². The smallest absolute Gasteiger partial charge is 0.227 e. The van der Waals surface area contributed by atoms with Crippen LogP contribution in [0.25, 0.3) is 16.7 Å². The lowest BCUT2D eigenvalue weighted by atomic mass is 9.88. The minimum atomic E-state index is -0.197. The molecule has 3 aromatic rings. The van der Waals surface area contributed by atoms with Crippen LogP contribution in [0.4, 0.5) is 5.69 Å². The molecular weight excluding hydrogens is 516 g/mol. The maximum Gasteiger partial charge on any atom is 0.227 e. The Morgan fingerprint density at radius 1 is 1.20 bits per heavy atom. The van der Waals surface area contributed by atoms with Crippen molar-refractivity contribution in [2.45, 2.75) is 33.6 Å². The summed E-state index contributed by atoms with van der Waals surface area (Å²) >= 11 is 0. The maximum absolute atomic E-state index is 12.5. The molecule has 8 heteroatoms. The Morgan fingerprint density at radius 2 is 2.02 bits per heavy atom. The number of methoxy groups -OCH3 is 1. The van der Waals surface area contributed by atoms with Gasteiger partial charge in [-0.3, -0.25) is 9.36 Å². The number of hydrogen-bond acceptors (Lipinski definition) is 6. The van der Waals surface area contributed by atoms with Gasteiger partial charge in [0.25, 0.3) is 0 Å². The van der Waals surface area contributed by atoms with E-state index < -0.39 is 0 Å². The van der Waals surface area contributed by atoms with E-state index >= 15 is 0 Å². The first-order chi connectivity index (χ1) is 20.0. The van der Waals surface area contributed by atoms with E-state index in [0.29, 0.717) is 24.0 Å². The number of hydrogen-bond donors (Lipinski definition) is 2. The van der Waals surface area contributed by atoms with Crippen molar-refractivity contribution in [3.05, 3.63) is 60.5 Å². The molecule has 2 atom stereocenters. The Labute approximate surface area is 241 Å². The van der Waals surface area contributed by atoms with E-state index in [1.54, 1.807) is 14.0 Å². The van der Waals surface area contributed by atoms with Crippen molar-refractivity contribution in [1.29, 1.82) is 0 Å². The van der Waals surface area contributed by atoms with E-state index in [1.165, 1.54) is 0 Å². The number of rotatable bonds is 9. The van der Waals surface area contributed by atoms with E-state index in [1.807, 2.05) is 55.7 Å². The Kier molecular flexibility index (Phi) is 8.95. The zero-order chi connectivity index (χ0) is 28.8. The van der Waals surface area contributed by atoms with E-state index in [2.05, 4.69) is 40.0 Å². The van der Waals surface area contributed by atoms with Gasteiger partial charge in [-0.25, -0.2) is 4.98 Å². The molecule has 2 unspecified atom stereocenters. The SMILES string of the molecule is CC#Cc1cc(OC)ccc1Oc1cc(NCC2CCOCC2)c2ncn(C3=CC(C)C(C(=O)NCC)C=C3)c2c1. The van der Waals surface area contributed by atoms with Gasteiger partial charge in [-0.1, -0.05) is 25.0 Å². The molecule has 2 aromatic carbocycles. The highest BCUT2D eigenvalue weighted by Crippen LogP contribution is 2.36. The van der Waals surface area contributed by atoms with Gasteiger partial charge in [0.15, 0.2) is 0 Å². The van der Waals surface area contributed by atoms with Crippen molar-refractivity contribution in [2.24, 2.45) is 17.8 Å². The number of ether oxygens (including phenoxy) is 3. The molecule has 1 aliphatic carbocycles. The van der Waals surface area contributed by atoms with Gasteiger partial charge in [-0.2, -0.15) is 0 Å². The summed E-state index contributed by atoms with van der Waals surface area (Å²) in [5, 5.41) is 6.59. The predicted octanol–water partition coefficient (Wildman–Crippen LogP) is 5.85. The minimum absolute atomic E-state index is 0.0408. The van der Waals surface area contributed by atoms with Crippen LogP contribution in [0.3, 0.4) is 0 Å². The zero-order valence-corrected chi connectivity index (χ0v) is 24.2. The predicted molar refractivity (Wildman–Crippen MR) is 162 cm³/mol. The normalized spacial score (nSPS) is 18.8. The van der Waals surface area contributed by atoms with Gasteiger partial charge in [-0.15, -0.1) is 5.92 Å². The summed E-state index contributed by atoms with van der Waals surface area (Å²) in [7, 11) is 1.64. The molecule has 214 valence electrons. The summed E-state index contributed by atoms with van der Waals surface area (Å²) in [5.74, 6) is 8.56. The lowest BCUT2D eigenvalue weighted by molar-refractivity contribution is -0.124. The van der Waals surface area contributed by atoms with Crippen LogP contribution in [0, 0.1) is 29.6 Å². The van der Waals surface area contributed by atoms with Crippen molar-refractivity contribution < 1.29 is 19.0 Å². The molecule has 1 amide bonds. The van der Waals surface area contributed by atoms with Crippen molar-refractivity contribution in [1.82, 2.24) is 14.9 Å². The molecule has 1 aromatic heterocycles. The van der Waals surface area contributed by atoms with E-state index in [-0.39, 0.29) is 17.7 Å². The summed E-state index contributed by atoms with van der Waals surface area (Å²) in [6.07, 6.45) is 10.0. The first-order valence-corrected chi connectivity index (χ1v) is 14.3. The first kappa shape index (κ1) is 28.3.